The number of benzene rings is 1. The molecule has 1 atom stereocenters. The molecule has 98 valence electrons. The van der Waals surface area contributed by atoms with E-state index in [-0.39, 0.29) is 24.5 Å². The minimum Gasteiger partial charge on any atom is -0.510 e. The van der Waals surface area contributed by atoms with Gasteiger partial charge in [-0.3, -0.25) is 9.69 Å². The molecule has 1 aromatic rings. The number of hydrogen-bond acceptors (Lipinski definition) is 4. The average molecular weight is 259 g/mol. The summed E-state index contributed by atoms with van der Waals surface area (Å²) in [7, 11) is 0. The minimum absolute atomic E-state index is 0.171. The molecule has 5 nitrogen and oxygen atoms in total. The van der Waals surface area contributed by atoms with Gasteiger partial charge in [0.1, 0.15) is 5.76 Å². The maximum atomic E-state index is 12.0. The second-order valence-corrected chi connectivity index (χ2v) is 5.10. The second-order valence-electron chi connectivity index (χ2n) is 5.10. The summed E-state index contributed by atoms with van der Waals surface area (Å²) in [4.78, 5) is 13.7. The Kier molecular flexibility index (Phi) is 2.07. The third-order valence-electron chi connectivity index (χ3n) is 3.79. The van der Waals surface area contributed by atoms with Gasteiger partial charge in [-0.25, -0.2) is 0 Å². The number of hydrogen-bond donors (Lipinski definition) is 1. The normalized spacial score (nSPS) is 24.8. The molecule has 1 aliphatic carbocycles. The highest BCUT2D eigenvalue weighted by Crippen LogP contribution is 2.44. The summed E-state index contributed by atoms with van der Waals surface area (Å²) in [5.41, 5.74) is 0.742. The van der Waals surface area contributed by atoms with Gasteiger partial charge in [-0.2, -0.15) is 0 Å². The summed E-state index contributed by atoms with van der Waals surface area (Å²) in [5, 5.41) is 9.94. The predicted octanol–water partition coefficient (Wildman–Crippen LogP) is 1.98. The van der Waals surface area contributed by atoms with Crippen molar-refractivity contribution in [3.63, 3.8) is 0 Å². The first-order valence-corrected chi connectivity index (χ1v) is 6.37. The molecule has 0 saturated heterocycles. The molecule has 0 radical (unpaired) electrons. The Morgan fingerprint density at radius 1 is 1.21 bits per heavy atom. The molecule has 4 rings (SSSR count). The van der Waals surface area contributed by atoms with Crippen molar-refractivity contribution in [3.8, 4) is 11.5 Å². The third kappa shape index (κ3) is 1.58. The van der Waals surface area contributed by atoms with Crippen molar-refractivity contribution in [1.82, 2.24) is 0 Å². The number of fused-ring (bicyclic) bond motifs is 1. The smallest absolute Gasteiger partial charge is 0.255 e. The van der Waals surface area contributed by atoms with Crippen molar-refractivity contribution >= 4 is 11.6 Å². The summed E-state index contributed by atoms with van der Waals surface area (Å²) < 4.78 is 10.6. The summed E-state index contributed by atoms with van der Waals surface area (Å²) >= 11 is 0. The lowest BCUT2D eigenvalue weighted by molar-refractivity contribution is -0.114. The molecular weight excluding hydrogens is 246 g/mol. The van der Waals surface area contributed by atoms with E-state index in [1.54, 1.807) is 17.0 Å². The van der Waals surface area contributed by atoms with Crippen molar-refractivity contribution in [1.29, 1.82) is 0 Å². The molecule has 0 bridgehead atoms. The van der Waals surface area contributed by atoms with Gasteiger partial charge in [-0.1, -0.05) is 0 Å². The number of ether oxygens (including phenoxy) is 2. The predicted molar refractivity (Wildman–Crippen MR) is 67.3 cm³/mol. The molecule has 2 aliphatic heterocycles. The van der Waals surface area contributed by atoms with E-state index in [1.807, 2.05) is 6.07 Å². The maximum Gasteiger partial charge on any atom is 0.255 e. The van der Waals surface area contributed by atoms with E-state index in [1.165, 1.54) is 6.08 Å². The summed E-state index contributed by atoms with van der Waals surface area (Å²) in [6.07, 6.45) is 3.42. The maximum absolute atomic E-state index is 12.0. The van der Waals surface area contributed by atoms with Gasteiger partial charge in [-0.05, 0) is 30.9 Å². The average Bonchev–Trinajstić information content (AvgIpc) is 3.03. The molecule has 0 aromatic heterocycles. The fourth-order valence-corrected chi connectivity index (χ4v) is 2.74. The van der Waals surface area contributed by atoms with Gasteiger partial charge in [0.05, 0.1) is 6.04 Å². The third-order valence-corrected chi connectivity index (χ3v) is 3.79. The van der Waals surface area contributed by atoms with Crippen LogP contribution in [-0.4, -0.2) is 23.8 Å². The Morgan fingerprint density at radius 3 is 2.79 bits per heavy atom. The Hall–Kier alpha value is -2.17. The van der Waals surface area contributed by atoms with Gasteiger partial charge >= 0.3 is 0 Å². The molecule has 2 heterocycles. The standard InChI is InChI=1S/C14H13NO4/c16-10-6-13(17)15(14(10)8-1-2-8)9-3-4-11-12(5-9)19-7-18-11/h3-6,8,14,16H,1-2,7H2. The lowest BCUT2D eigenvalue weighted by atomic mass is 10.1. The highest BCUT2D eigenvalue weighted by atomic mass is 16.7. The zero-order valence-electron chi connectivity index (χ0n) is 10.2. The van der Waals surface area contributed by atoms with Crippen LogP contribution in [0.3, 0.4) is 0 Å². The number of carbonyl (C=O) groups is 1. The quantitative estimate of drug-likeness (QED) is 0.882. The number of nitrogens with zero attached hydrogens (tertiary/aromatic N) is 1. The van der Waals surface area contributed by atoms with E-state index in [2.05, 4.69) is 0 Å². The van der Waals surface area contributed by atoms with Crippen LogP contribution in [0.1, 0.15) is 12.8 Å². The van der Waals surface area contributed by atoms with E-state index in [0.717, 1.165) is 18.5 Å². The molecule has 1 aromatic carbocycles. The largest absolute Gasteiger partial charge is 0.510 e. The van der Waals surface area contributed by atoms with Gasteiger partial charge < -0.3 is 14.6 Å². The Balaban J connectivity index is 1.73. The van der Waals surface area contributed by atoms with Crippen LogP contribution < -0.4 is 14.4 Å². The second kappa shape index (κ2) is 3.66. The zero-order valence-corrected chi connectivity index (χ0v) is 10.2. The first-order valence-electron chi connectivity index (χ1n) is 6.37. The zero-order chi connectivity index (χ0) is 13.0. The fraction of sp³-hybridized carbons (Fsp3) is 0.357. The van der Waals surface area contributed by atoms with Crippen LogP contribution in [0.25, 0.3) is 0 Å². The molecule has 1 fully saturated rings. The van der Waals surface area contributed by atoms with Crippen molar-refractivity contribution in [2.24, 2.45) is 5.92 Å². The molecule has 1 unspecified atom stereocenters. The summed E-state index contributed by atoms with van der Waals surface area (Å²) in [6.45, 7) is 0.211. The van der Waals surface area contributed by atoms with Crippen LogP contribution in [0.5, 0.6) is 11.5 Å². The van der Waals surface area contributed by atoms with Gasteiger partial charge in [0.2, 0.25) is 6.79 Å². The molecule has 1 N–H and O–H groups in total. The van der Waals surface area contributed by atoms with E-state index in [0.29, 0.717) is 17.4 Å². The molecule has 0 spiro atoms. The monoisotopic (exact) mass is 259 g/mol. The Labute approximate surface area is 110 Å². The van der Waals surface area contributed by atoms with Crippen molar-refractivity contribution < 1.29 is 19.4 Å². The van der Waals surface area contributed by atoms with Crippen molar-refractivity contribution in [2.45, 2.75) is 18.9 Å². The molecule has 3 aliphatic rings. The highest BCUT2D eigenvalue weighted by Gasteiger charge is 2.44. The van der Waals surface area contributed by atoms with Gasteiger partial charge in [-0.15, -0.1) is 0 Å². The minimum atomic E-state index is -0.215. The van der Waals surface area contributed by atoms with Gasteiger partial charge in [0.25, 0.3) is 5.91 Å². The van der Waals surface area contributed by atoms with Crippen molar-refractivity contribution in [3.05, 3.63) is 30.0 Å². The Morgan fingerprint density at radius 2 is 2.00 bits per heavy atom. The van der Waals surface area contributed by atoms with E-state index in [4.69, 9.17) is 9.47 Å². The lowest BCUT2D eigenvalue weighted by Gasteiger charge is -2.25. The lowest BCUT2D eigenvalue weighted by Crippen LogP contribution is -2.36. The number of rotatable bonds is 2. The van der Waals surface area contributed by atoms with Crippen LogP contribution in [0.15, 0.2) is 30.0 Å². The number of aliphatic hydroxyl groups is 1. The van der Waals surface area contributed by atoms with E-state index in [9.17, 15) is 9.90 Å². The van der Waals surface area contributed by atoms with Crippen LogP contribution in [0.2, 0.25) is 0 Å². The highest BCUT2D eigenvalue weighted by molar-refractivity contribution is 6.05. The molecule has 19 heavy (non-hydrogen) atoms. The molecule has 5 heteroatoms. The first kappa shape index (κ1) is 10.7. The van der Waals surface area contributed by atoms with Crippen molar-refractivity contribution in [2.75, 3.05) is 11.7 Å². The van der Waals surface area contributed by atoms with Crippen LogP contribution in [0.4, 0.5) is 5.69 Å². The first-order chi connectivity index (χ1) is 9.24. The summed E-state index contributed by atoms with van der Waals surface area (Å²) in [6, 6.07) is 5.20. The topological polar surface area (TPSA) is 59.0 Å². The van der Waals surface area contributed by atoms with Crippen LogP contribution in [0, 0.1) is 5.92 Å². The van der Waals surface area contributed by atoms with Gasteiger partial charge in [0.15, 0.2) is 11.5 Å². The molecular formula is C14H13NO4. The van der Waals surface area contributed by atoms with Gasteiger partial charge in [0, 0.05) is 17.8 Å². The van der Waals surface area contributed by atoms with Crippen LogP contribution >= 0.6 is 0 Å². The van der Waals surface area contributed by atoms with E-state index < -0.39 is 0 Å². The summed E-state index contributed by atoms with van der Waals surface area (Å²) in [5.74, 6) is 1.70. The molecule has 1 saturated carbocycles. The number of aliphatic hydroxyl groups excluding tert-OH is 1. The van der Waals surface area contributed by atoms with E-state index >= 15 is 0 Å². The molecule has 1 amide bonds. The number of carbonyl (C=O) groups excluding carboxylic acids is 1. The Bertz CT molecular complexity index is 591. The van der Waals surface area contributed by atoms with Crippen LogP contribution in [-0.2, 0) is 4.79 Å². The fourth-order valence-electron chi connectivity index (χ4n) is 2.74. The number of anilines is 1. The SMILES string of the molecule is O=C1C=C(O)C(C2CC2)N1c1ccc2c(c1)OCO2. The number of amides is 1.